The van der Waals surface area contributed by atoms with Gasteiger partial charge in [0, 0.05) is 51.4 Å². The molecule has 7 heteroatoms. The van der Waals surface area contributed by atoms with E-state index in [4.69, 9.17) is 0 Å². The number of H-pyrrole nitrogens is 1. The van der Waals surface area contributed by atoms with Crippen LogP contribution >= 0.6 is 0 Å². The number of carbonyl (C=O) groups is 1. The maximum Gasteiger partial charge on any atom is 0.227 e. The molecule has 2 aliphatic rings. The molecule has 1 aromatic carbocycles. The predicted molar refractivity (Wildman–Crippen MR) is 95.0 cm³/mol. The molecule has 1 aromatic heterocycles. The van der Waals surface area contributed by atoms with Gasteiger partial charge in [0.2, 0.25) is 5.91 Å². The van der Waals surface area contributed by atoms with Crippen LogP contribution < -0.4 is 4.90 Å². The summed E-state index contributed by atoms with van der Waals surface area (Å²) in [6, 6.07) is 10.00. The Labute approximate surface area is 147 Å². The summed E-state index contributed by atoms with van der Waals surface area (Å²) in [5.74, 6) is 1.60. The van der Waals surface area contributed by atoms with Crippen LogP contribution in [0.2, 0.25) is 0 Å². The van der Waals surface area contributed by atoms with Crippen molar-refractivity contribution in [3.05, 3.63) is 42.5 Å². The van der Waals surface area contributed by atoms with Crippen LogP contribution in [0, 0.1) is 5.92 Å². The van der Waals surface area contributed by atoms with Gasteiger partial charge in [-0.15, -0.1) is 0 Å². The minimum absolute atomic E-state index is 0.250. The second kappa shape index (κ2) is 7.33. The lowest BCUT2D eigenvalue weighted by Crippen LogP contribution is -2.47. The molecular weight excluding hydrogens is 316 g/mol. The van der Waals surface area contributed by atoms with E-state index in [1.54, 1.807) is 6.33 Å². The minimum Gasteiger partial charge on any atom is -0.312 e. The molecule has 1 amide bonds. The Kier molecular flexibility index (Phi) is 4.76. The summed E-state index contributed by atoms with van der Waals surface area (Å²) in [5, 5.41) is 6.82. The predicted octanol–water partition coefficient (Wildman–Crippen LogP) is 0.975. The van der Waals surface area contributed by atoms with Crippen LogP contribution in [0.1, 0.15) is 12.2 Å². The molecule has 0 spiro atoms. The second-order valence-electron chi connectivity index (χ2n) is 6.92. The molecule has 0 unspecified atom stereocenters. The van der Waals surface area contributed by atoms with Crippen molar-refractivity contribution in [2.75, 3.05) is 44.2 Å². The first-order chi connectivity index (χ1) is 12.3. The van der Waals surface area contributed by atoms with Gasteiger partial charge in [-0.2, -0.15) is 5.10 Å². The fourth-order valence-corrected chi connectivity index (χ4v) is 3.78. The van der Waals surface area contributed by atoms with Gasteiger partial charge in [-0.05, 0) is 18.1 Å². The number of benzene rings is 1. The first-order valence-corrected chi connectivity index (χ1v) is 8.92. The van der Waals surface area contributed by atoms with E-state index in [9.17, 15) is 4.79 Å². The number of hydrogen-bond acceptors (Lipinski definition) is 5. The number of aromatic nitrogens is 3. The molecular formula is C18H24N6O. The molecule has 0 saturated carbocycles. The summed E-state index contributed by atoms with van der Waals surface area (Å²) >= 11 is 0. The topological polar surface area (TPSA) is 68.4 Å². The zero-order valence-corrected chi connectivity index (χ0v) is 14.3. The van der Waals surface area contributed by atoms with Gasteiger partial charge in [-0.1, -0.05) is 18.2 Å². The molecule has 25 heavy (non-hydrogen) atoms. The smallest absolute Gasteiger partial charge is 0.227 e. The number of nitrogens with one attached hydrogen (secondary N) is 1. The number of amides is 1. The monoisotopic (exact) mass is 340 g/mol. The Balaban J connectivity index is 1.26. The van der Waals surface area contributed by atoms with Gasteiger partial charge >= 0.3 is 0 Å². The van der Waals surface area contributed by atoms with Crippen LogP contribution in [-0.2, 0) is 11.3 Å². The molecule has 2 aliphatic heterocycles. The number of aromatic amines is 1. The zero-order valence-electron chi connectivity index (χ0n) is 14.3. The fraction of sp³-hybridized carbons (Fsp3) is 0.500. The van der Waals surface area contributed by atoms with Crippen LogP contribution in [-0.4, -0.2) is 70.2 Å². The summed E-state index contributed by atoms with van der Waals surface area (Å²) in [4.78, 5) is 23.4. The Hall–Kier alpha value is -2.25. The number of piperazine rings is 1. The van der Waals surface area contributed by atoms with Gasteiger partial charge in [-0.3, -0.25) is 14.8 Å². The summed E-state index contributed by atoms with van der Waals surface area (Å²) in [6.07, 6.45) is 2.22. The number of rotatable bonds is 5. The van der Waals surface area contributed by atoms with Gasteiger partial charge in [0.05, 0.1) is 6.54 Å². The van der Waals surface area contributed by atoms with E-state index in [2.05, 4.69) is 25.0 Å². The molecule has 0 radical (unpaired) electrons. The van der Waals surface area contributed by atoms with E-state index in [1.807, 2.05) is 35.2 Å². The van der Waals surface area contributed by atoms with Crippen molar-refractivity contribution in [2.45, 2.75) is 13.0 Å². The van der Waals surface area contributed by atoms with Gasteiger partial charge in [0.1, 0.15) is 12.2 Å². The van der Waals surface area contributed by atoms with Crippen LogP contribution in [0.25, 0.3) is 0 Å². The molecule has 1 atom stereocenters. The van der Waals surface area contributed by atoms with Crippen LogP contribution in [0.5, 0.6) is 0 Å². The van der Waals surface area contributed by atoms with Crippen molar-refractivity contribution in [1.82, 2.24) is 25.0 Å². The zero-order chi connectivity index (χ0) is 17.1. The van der Waals surface area contributed by atoms with Crippen molar-refractivity contribution >= 4 is 11.6 Å². The molecule has 7 nitrogen and oxygen atoms in total. The number of nitrogens with zero attached hydrogens (tertiary/aromatic N) is 5. The van der Waals surface area contributed by atoms with Crippen LogP contribution in [0.3, 0.4) is 0 Å². The van der Waals surface area contributed by atoms with Gasteiger partial charge in [-0.25, -0.2) is 4.98 Å². The highest BCUT2D eigenvalue weighted by Gasteiger charge is 2.32. The van der Waals surface area contributed by atoms with E-state index in [-0.39, 0.29) is 5.91 Å². The third-order valence-corrected chi connectivity index (χ3v) is 5.09. The normalized spacial score (nSPS) is 22.6. The average Bonchev–Trinajstić information content (AvgIpc) is 3.27. The van der Waals surface area contributed by atoms with Crippen LogP contribution in [0.4, 0.5) is 5.69 Å². The molecule has 132 valence electrons. The van der Waals surface area contributed by atoms with Crippen molar-refractivity contribution in [3.8, 4) is 0 Å². The molecule has 2 saturated heterocycles. The average molecular weight is 340 g/mol. The Bertz CT molecular complexity index is 681. The van der Waals surface area contributed by atoms with Crippen molar-refractivity contribution in [3.63, 3.8) is 0 Å². The van der Waals surface area contributed by atoms with E-state index in [0.29, 0.717) is 12.3 Å². The highest BCUT2D eigenvalue weighted by Crippen LogP contribution is 2.25. The third kappa shape index (κ3) is 3.88. The fourth-order valence-electron chi connectivity index (χ4n) is 3.78. The Morgan fingerprint density at radius 1 is 1.08 bits per heavy atom. The summed E-state index contributed by atoms with van der Waals surface area (Å²) < 4.78 is 0. The third-order valence-electron chi connectivity index (χ3n) is 5.09. The van der Waals surface area contributed by atoms with E-state index in [0.717, 1.165) is 57.3 Å². The largest absolute Gasteiger partial charge is 0.312 e. The van der Waals surface area contributed by atoms with Gasteiger partial charge < -0.3 is 9.80 Å². The molecule has 2 fully saturated rings. The van der Waals surface area contributed by atoms with Gasteiger partial charge in [0.25, 0.3) is 0 Å². The van der Waals surface area contributed by atoms with E-state index < -0.39 is 0 Å². The number of para-hydroxylation sites is 1. The maximum atomic E-state index is 12.3. The van der Waals surface area contributed by atoms with E-state index >= 15 is 0 Å². The summed E-state index contributed by atoms with van der Waals surface area (Å²) in [5.41, 5.74) is 1.02. The quantitative estimate of drug-likeness (QED) is 0.879. The lowest BCUT2D eigenvalue weighted by Gasteiger charge is -2.35. The van der Waals surface area contributed by atoms with Crippen molar-refractivity contribution < 1.29 is 4.79 Å². The highest BCUT2D eigenvalue weighted by molar-refractivity contribution is 5.95. The van der Waals surface area contributed by atoms with Crippen molar-refractivity contribution in [1.29, 1.82) is 0 Å². The molecule has 3 heterocycles. The van der Waals surface area contributed by atoms with Crippen molar-refractivity contribution in [2.24, 2.45) is 5.92 Å². The SMILES string of the molecule is O=C1C[C@@H](CN2CCN(Cc3ncn[nH]3)CC2)CN1c1ccccc1. The first kappa shape index (κ1) is 16.2. The Morgan fingerprint density at radius 2 is 1.84 bits per heavy atom. The lowest BCUT2D eigenvalue weighted by molar-refractivity contribution is -0.117. The molecule has 1 N–H and O–H groups in total. The molecule has 2 aromatic rings. The molecule has 0 aliphatic carbocycles. The van der Waals surface area contributed by atoms with E-state index in [1.165, 1.54) is 0 Å². The standard InChI is InChI=1S/C18H24N6O/c25-18-10-15(12-24(18)16-4-2-1-3-5-16)11-22-6-8-23(9-7-22)13-17-19-14-20-21-17/h1-5,14-15H,6-13H2,(H,19,20,21)/t15-/m0/s1. The maximum absolute atomic E-state index is 12.3. The highest BCUT2D eigenvalue weighted by atomic mass is 16.2. The number of anilines is 1. The lowest BCUT2D eigenvalue weighted by atomic mass is 10.1. The number of carbonyl (C=O) groups excluding carboxylic acids is 1. The minimum atomic E-state index is 0.250. The van der Waals surface area contributed by atoms with Gasteiger partial charge in [0.15, 0.2) is 0 Å². The summed E-state index contributed by atoms with van der Waals surface area (Å²) in [6.45, 7) is 6.83. The second-order valence-corrected chi connectivity index (χ2v) is 6.92. The van der Waals surface area contributed by atoms with Crippen LogP contribution in [0.15, 0.2) is 36.7 Å². The summed E-state index contributed by atoms with van der Waals surface area (Å²) in [7, 11) is 0. The Morgan fingerprint density at radius 3 is 2.56 bits per heavy atom. The molecule has 0 bridgehead atoms. The first-order valence-electron chi connectivity index (χ1n) is 8.92. The number of hydrogen-bond donors (Lipinski definition) is 1. The molecule has 4 rings (SSSR count).